The molecule has 0 amide bonds. The van der Waals surface area contributed by atoms with Crippen LogP contribution in [0.15, 0.2) is 18.2 Å². The van der Waals surface area contributed by atoms with Crippen LogP contribution in [0.1, 0.15) is 36.0 Å². The van der Waals surface area contributed by atoms with Gasteiger partial charge in [-0.05, 0) is 62.7 Å². The van der Waals surface area contributed by atoms with Crippen molar-refractivity contribution in [3.8, 4) is 0 Å². The lowest BCUT2D eigenvalue weighted by Gasteiger charge is -2.41. The fourth-order valence-corrected chi connectivity index (χ4v) is 2.78. The zero-order valence-corrected chi connectivity index (χ0v) is 11.8. The molecule has 18 heavy (non-hydrogen) atoms. The number of rotatable bonds is 6. The van der Waals surface area contributed by atoms with Crippen molar-refractivity contribution in [1.29, 1.82) is 0 Å². The highest BCUT2D eigenvalue weighted by Crippen LogP contribution is 2.38. The summed E-state index contributed by atoms with van der Waals surface area (Å²) in [5, 5.41) is 3.59. The highest BCUT2D eigenvalue weighted by Gasteiger charge is 2.34. The summed E-state index contributed by atoms with van der Waals surface area (Å²) in [5.41, 5.74) is 10.5. The summed E-state index contributed by atoms with van der Waals surface area (Å²) >= 11 is 0. The molecule has 1 aliphatic carbocycles. The van der Waals surface area contributed by atoms with Crippen molar-refractivity contribution in [2.45, 2.75) is 39.5 Å². The molecule has 0 saturated heterocycles. The molecule has 1 aromatic carbocycles. The molecule has 0 unspecified atom stereocenters. The quantitative estimate of drug-likeness (QED) is 0.757. The molecule has 3 N–H and O–H groups in total. The lowest BCUT2D eigenvalue weighted by molar-refractivity contribution is 0.141. The Hall–Kier alpha value is -0.860. The number of benzene rings is 1. The largest absolute Gasteiger partial charge is 0.330 e. The zero-order valence-electron chi connectivity index (χ0n) is 11.8. The first kappa shape index (κ1) is 13.6. The molecule has 0 spiro atoms. The molecule has 0 bridgehead atoms. The van der Waals surface area contributed by atoms with Gasteiger partial charge in [-0.25, -0.2) is 0 Å². The van der Waals surface area contributed by atoms with Gasteiger partial charge in [0.2, 0.25) is 0 Å². The summed E-state index contributed by atoms with van der Waals surface area (Å²) in [6.07, 6.45) is 5.09. The lowest BCUT2D eigenvalue weighted by Crippen LogP contribution is -2.45. The molecule has 0 heterocycles. The highest BCUT2D eigenvalue weighted by atomic mass is 14.9. The normalized spacial score (nSPS) is 17.5. The second-order valence-electron chi connectivity index (χ2n) is 5.91. The van der Waals surface area contributed by atoms with Crippen LogP contribution in [-0.4, -0.2) is 19.6 Å². The van der Waals surface area contributed by atoms with Crippen molar-refractivity contribution < 1.29 is 0 Å². The van der Waals surface area contributed by atoms with Crippen molar-refractivity contribution in [3.63, 3.8) is 0 Å². The van der Waals surface area contributed by atoms with Crippen molar-refractivity contribution in [3.05, 3.63) is 34.9 Å². The van der Waals surface area contributed by atoms with Crippen LogP contribution in [0.3, 0.4) is 0 Å². The van der Waals surface area contributed by atoms with E-state index in [1.807, 2.05) is 0 Å². The lowest BCUT2D eigenvalue weighted by atomic mass is 9.69. The van der Waals surface area contributed by atoms with Gasteiger partial charge in [-0.15, -0.1) is 0 Å². The second kappa shape index (κ2) is 5.85. The van der Waals surface area contributed by atoms with E-state index in [0.29, 0.717) is 5.41 Å². The number of hydrogen-bond donors (Lipinski definition) is 2. The maximum absolute atomic E-state index is 5.87. The zero-order chi connectivity index (χ0) is 13.0. The van der Waals surface area contributed by atoms with Gasteiger partial charge in [-0.1, -0.05) is 30.2 Å². The predicted molar refractivity (Wildman–Crippen MR) is 77.8 cm³/mol. The Balaban J connectivity index is 1.76. The minimum atomic E-state index is 0.418. The van der Waals surface area contributed by atoms with E-state index in [1.54, 1.807) is 0 Å². The molecule has 0 radical (unpaired) electrons. The molecule has 0 atom stereocenters. The standard InChI is InChI=1S/C16H26N2/c1-13-4-5-14(2)15(10-13)6-9-18-12-16(11-17)7-3-8-16/h4-5,10,18H,3,6-9,11-12,17H2,1-2H3. The van der Waals surface area contributed by atoms with Crippen LogP contribution >= 0.6 is 0 Å². The Morgan fingerprint density at radius 3 is 2.67 bits per heavy atom. The van der Waals surface area contributed by atoms with E-state index in [4.69, 9.17) is 5.73 Å². The SMILES string of the molecule is Cc1ccc(C)c(CCNCC2(CN)CCC2)c1. The van der Waals surface area contributed by atoms with Crippen LogP contribution in [0.5, 0.6) is 0 Å². The van der Waals surface area contributed by atoms with E-state index in [9.17, 15) is 0 Å². The number of nitrogens with one attached hydrogen (secondary N) is 1. The Morgan fingerprint density at radius 2 is 2.06 bits per heavy atom. The first-order valence-corrected chi connectivity index (χ1v) is 7.12. The minimum Gasteiger partial charge on any atom is -0.330 e. The van der Waals surface area contributed by atoms with Gasteiger partial charge in [-0.2, -0.15) is 0 Å². The van der Waals surface area contributed by atoms with Gasteiger partial charge in [-0.3, -0.25) is 0 Å². The van der Waals surface area contributed by atoms with Crippen molar-refractivity contribution in [1.82, 2.24) is 5.32 Å². The second-order valence-corrected chi connectivity index (χ2v) is 5.91. The number of nitrogens with two attached hydrogens (primary N) is 1. The average molecular weight is 246 g/mol. The molecule has 2 heteroatoms. The molecular weight excluding hydrogens is 220 g/mol. The maximum Gasteiger partial charge on any atom is 0.00200 e. The molecule has 100 valence electrons. The summed E-state index contributed by atoms with van der Waals surface area (Å²) in [7, 11) is 0. The molecular formula is C16H26N2. The monoisotopic (exact) mass is 246 g/mol. The summed E-state index contributed by atoms with van der Waals surface area (Å²) in [6.45, 7) is 7.35. The van der Waals surface area contributed by atoms with Crippen LogP contribution in [0.25, 0.3) is 0 Å². The van der Waals surface area contributed by atoms with Crippen LogP contribution in [0.2, 0.25) is 0 Å². The van der Waals surface area contributed by atoms with E-state index in [-0.39, 0.29) is 0 Å². The fraction of sp³-hybridized carbons (Fsp3) is 0.625. The van der Waals surface area contributed by atoms with Crippen LogP contribution < -0.4 is 11.1 Å². The third-order valence-electron chi connectivity index (χ3n) is 4.42. The number of hydrogen-bond acceptors (Lipinski definition) is 2. The molecule has 0 aliphatic heterocycles. The van der Waals surface area contributed by atoms with Gasteiger partial charge < -0.3 is 11.1 Å². The van der Waals surface area contributed by atoms with Crippen LogP contribution in [0.4, 0.5) is 0 Å². The molecule has 1 aromatic rings. The van der Waals surface area contributed by atoms with E-state index in [0.717, 1.165) is 26.1 Å². The Kier molecular flexibility index (Phi) is 4.41. The Bertz CT molecular complexity index is 389. The maximum atomic E-state index is 5.87. The Labute approximate surface area is 111 Å². The highest BCUT2D eigenvalue weighted by molar-refractivity contribution is 5.30. The van der Waals surface area contributed by atoms with E-state index >= 15 is 0 Å². The van der Waals surface area contributed by atoms with Gasteiger partial charge in [0.05, 0.1) is 0 Å². The third kappa shape index (κ3) is 3.12. The first-order valence-electron chi connectivity index (χ1n) is 7.12. The Morgan fingerprint density at radius 1 is 1.28 bits per heavy atom. The smallest absolute Gasteiger partial charge is 0.00200 e. The van der Waals surface area contributed by atoms with Gasteiger partial charge in [0.1, 0.15) is 0 Å². The van der Waals surface area contributed by atoms with E-state index < -0.39 is 0 Å². The van der Waals surface area contributed by atoms with Gasteiger partial charge in [0, 0.05) is 6.54 Å². The van der Waals surface area contributed by atoms with Gasteiger partial charge >= 0.3 is 0 Å². The van der Waals surface area contributed by atoms with Crippen molar-refractivity contribution in [2.24, 2.45) is 11.1 Å². The topological polar surface area (TPSA) is 38.0 Å². The summed E-state index contributed by atoms with van der Waals surface area (Å²) in [4.78, 5) is 0. The molecule has 2 rings (SSSR count). The van der Waals surface area contributed by atoms with Crippen molar-refractivity contribution in [2.75, 3.05) is 19.6 Å². The summed E-state index contributed by atoms with van der Waals surface area (Å²) < 4.78 is 0. The first-order chi connectivity index (χ1) is 8.65. The third-order valence-corrected chi connectivity index (χ3v) is 4.42. The molecule has 2 nitrogen and oxygen atoms in total. The minimum absolute atomic E-state index is 0.418. The van der Waals surface area contributed by atoms with Gasteiger partial charge in [0.15, 0.2) is 0 Å². The molecule has 0 aromatic heterocycles. The van der Waals surface area contributed by atoms with E-state index in [1.165, 1.54) is 36.0 Å². The molecule has 1 saturated carbocycles. The molecule has 1 fully saturated rings. The van der Waals surface area contributed by atoms with E-state index in [2.05, 4.69) is 37.4 Å². The summed E-state index contributed by atoms with van der Waals surface area (Å²) in [5.74, 6) is 0. The predicted octanol–water partition coefficient (Wildman–Crippen LogP) is 2.56. The van der Waals surface area contributed by atoms with Gasteiger partial charge in [0.25, 0.3) is 0 Å². The van der Waals surface area contributed by atoms with Crippen LogP contribution in [0, 0.1) is 19.3 Å². The number of aryl methyl sites for hydroxylation is 2. The fourth-order valence-electron chi connectivity index (χ4n) is 2.78. The molecule has 1 aliphatic rings. The van der Waals surface area contributed by atoms with Crippen LogP contribution in [-0.2, 0) is 6.42 Å². The van der Waals surface area contributed by atoms with Crippen molar-refractivity contribution >= 4 is 0 Å². The average Bonchev–Trinajstić information content (AvgIpc) is 2.31. The summed E-state index contributed by atoms with van der Waals surface area (Å²) in [6, 6.07) is 6.71.